The van der Waals surface area contributed by atoms with Crippen molar-refractivity contribution in [1.29, 1.82) is 0 Å². The fourth-order valence-electron chi connectivity index (χ4n) is 0.776. The average molecular weight is 211 g/mol. The number of anilines is 1. The molecule has 0 fully saturated rings. The lowest BCUT2D eigenvalue weighted by molar-refractivity contribution is 0.471. The van der Waals surface area contributed by atoms with Crippen LogP contribution in [0.3, 0.4) is 0 Å². The highest BCUT2D eigenvalue weighted by atomic mass is 35.5. The molecule has 0 saturated heterocycles. The molecule has 5 heteroatoms. The van der Waals surface area contributed by atoms with E-state index in [0.29, 0.717) is 17.8 Å². The van der Waals surface area contributed by atoms with E-state index in [0.717, 1.165) is 0 Å². The number of phenols is 1. The number of hydrogen-bond acceptors (Lipinski definition) is 3. The summed E-state index contributed by atoms with van der Waals surface area (Å²) in [5, 5.41) is 9.19. The van der Waals surface area contributed by atoms with Crippen molar-refractivity contribution in [3.05, 3.63) is 23.8 Å². The number of nitrogens with two attached hydrogens (primary N) is 2. The Bertz CT molecular complexity index is 243. The van der Waals surface area contributed by atoms with Crippen molar-refractivity contribution in [2.24, 2.45) is 5.73 Å². The van der Waals surface area contributed by atoms with Crippen LogP contribution in [0.2, 0.25) is 0 Å². The molecule has 0 heterocycles. The summed E-state index contributed by atoms with van der Waals surface area (Å²) in [6.07, 6.45) is 0. The molecule has 1 aromatic carbocycles. The van der Waals surface area contributed by atoms with E-state index >= 15 is 0 Å². The van der Waals surface area contributed by atoms with E-state index in [1.165, 1.54) is 0 Å². The van der Waals surface area contributed by atoms with E-state index in [2.05, 4.69) is 0 Å². The van der Waals surface area contributed by atoms with Crippen molar-refractivity contribution in [3.8, 4) is 5.75 Å². The number of benzene rings is 1. The van der Waals surface area contributed by atoms with Crippen LogP contribution >= 0.6 is 24.8 Å². The van der Waals surface area contributed by atoms with Gasteiger partial charge >= 0.3 is 0 Å². The predicted octanol–water partition coefficient (Wildman–Crippen LogP) is 1.28. The average Bonchev–Trinajstić information content (AvgIpc) is 1.95. The second-order valence-electron chi connectivity index (χ2n) is 2.06. The molecule has 0 saturated carbocycles. The van der Waals surface area contributed by atoms with Gasteiger partial charge in [0.05, 0.1) is 5.69 Å². The molecular weight excluding hydrogens is 199 g/mol. The van der Waals surface area contributed by atoms with Gasteiger partial charge in [-0.2, -0.15) is 0 Å². The normalized spacial score (nSPS) is 8.08. The molecule has 0 amide bonds. The SMILES string of the molecule is Cl.Cl.NCc1cccc(N)c1O. The maximum atomic E-state index is 9.19. The van der Waals surface area contributed by atoms with Gasteiger partial charge in [-0.1, -0.05) is 12.1 Å². The first-order valence-corrected chi connectivity index (χ1v) is 3.02. The first-order chi connectivity index (χ1) is 4.75. The van der Waals surface area contributed by atoms with Crippen molar-refractivity contribution in [2.45, 2.75) is 6.54 Å². The summed E-state index contributed by atoms with van der Waals surface area (Å²) in [5.74, 6) is 0.102. The Morgan fingerprint density at radius 3 is 2.25 bits per heavy atom. The predicted molar refractivity (Wildman–Crippen MR) is 54.9 cm³/mol. The Morgan fingerprint density at radius 2 is 1.83 bits per heavy atom. The summed E-state index contributed by atoms with van der Waals surface area (Å²) in [7, 11) is 0. The van der Waals surface area contributed by atoms with Crippen LogP contribution < -0.4 is 11.5 Å². The fraction of sp³-hybridized carbons (Fsp3) is 0.143. The number of halogens is 2. The van der Waals surface area contributed by atoms with Gasteiger partial charge in [0.15, 0.2) is 0 Å². The van der Waals surface area contributed by atoms with Crippen LogP contribution in [-0.2, 0) is 6.54 Å². The molecule has 1 rings (SSSR count). The van der Waals surface area contributed by atoms with Gasteiger partial charge in [0.1, 0.15) is 5.75 Å². The first kappa shape index (κ1) is 13.9. The van der Waals surface area contributed by atoms with Gasteiger partial charge in [-0.3, -0.25) is 0 Å². The molecule has 0 aromatic heterocycles. The quantitative estimate of drug-likeness (QED) is 0.483. The standard InChI is InChI=1S/C7H10N2O.2ClH/c8-4-5-2-1-3-6(9)7(5)10;;/h1-3,10H,4,8-9H2;2*1H. The van der Waals surface area contributed by atoms with Crippen LogP contribution in [-0.4, -0.2) is 5.11 Å². The van der Waals surface area contributed by atoms with Crippen molar-refractivity contribution >= 4 is 30.5 Å². The lowest BCUT2D eigenvalue weighted by atomic mass is 10.2. The molecule has 0 spiro atoms. The molecule has 0 radical (unpaired) electrons. The van der Waals surface area contributed by atoms with Gasteiger partial charge in [-0.05, 0) is 6.07 Å². The molecule has 70 valence electrons. The zero-order valence-electron chi connectivity index (χ0n) is 6.36. The Balaban J connectivity index is 0. The van der Waals surface area contributed by atoms with Crippen molar-refractivity contribution < 1.29 is 5.11 Å². The van der Waals surface area contributed by atoms with Crippen LogP contribution in [0.1, 0.15) is 5.56 Å². The highest BCUT2D eigenvalue weighted by molar-refractivity contribution is 5.85. The van der Waals surface area contributed by atoms with Crippen LogP contribution in [0, 0.1) is 0 Å². The summed E-state index contributed by atoms with van der Waals surface area (Å²) in [6, 6.07) is 5.14. The molecule has 0 unspecified atom stereocenters. The van der Waals surface area contributed by atoms with E-state index in [-0.39, 0.29) is 30.6 Å². The van der Waals surface area contributed by atoms with Crippen LogP contribution in [0.4, 0.5) is 5.69 Å². The van der Waals surface area contributed by atoms with Crippen molar-refractivity contribution in [3.63, 3.8) is 0 Å². The first-order valence-electron chi connectivity index (χ1n) is 3.02. The Morgan fingerprint density at radius 1 is 1.25 bits per heavy atom. The lowest BCUT2D eigenvalue weighted by Crippen LogP contribution is -1.98. The summed E-state index contributed by atoms with van der Waals surface area (Å²) in [6.45, 7) is 0.316. The maximum Gasteiger partial charge on any atom is 0.142 e. The summed E-state index contributed by atoms with van der Waals surface area (Å²) >= 11 is 0. The second-order valence-corrected chi connectivity index (χ2v) is 2.06. The van der Waals surface area contributed by atoms with E-state index in [4.69, 9.17) is 11.5 Å². The number of phenolic OH excluding ortho intramolecular Hbond substituents is 1. The zero-order valence-corrected chi connectivity index (χ0v) is 7.99. The Labute approximate surface area is 83.6 Å². The molecule has 0 aliphatic rings. The highest BCUT2D eigenvalue weighted by Crippen LogP contribution is 2.23. The summed E-state index contributed by atoms with van der Waals surface area (Å²) in [5.41, 5.74) is 11.8. The molecule has 5 N–H and O–H groups in total. The molecule has 0 aliphatic carbocycles. The number of hydrogen-bond donors (Lipinski definition) is 3. The zero-order chi connectivity index (χ0) is 7.56. The Hall–Kier alpha value is -0.640. The van der Waals surface area contributed by atoms with Gasteiger partial charge in [0, 0.05) is 12.1 Å². The van der Waals surface area contributed by atoms with Gasteiger partial charge in [0.2, 0.25) is 0 Å². The third kappa shape index (κ3) is 2.77. The van der Waals surface area contributed by atoms with E-state index in [1.807, 2.05) is 0 Å². The Kier molecular flexibility index (Phi) is 6.89. The topological polar surface area (TPSA) is 72.3 Å². The minimum Gasteiger partial charge on any atom is -0.505 e. The van der Waals surface area contributed by atoms with Crippen LogP contribution in [0.5, 0.6) is 5.75 Å². The smallest absolute Gasteiger partial charge is 0.142 e. The number of rotatable bonds is 1. The largest absolute Gasteiger partial charge is 0.505 e. The molecule has 1 aromatic rings. The molecule has 12 heavy (non-hydrogen) atoms. The monoisotopic (exact) mass is 210 g/mol. The summed E-state index contributed by atoms with van der Waals surface area (Å²) < 4.78 is 0. The number of nitrogen functional groups attached to an aromatic ring is 1. The van der Waals surface area contributed by atoms with Gasteiger partial charge in [-0.25, -0.2) is 0 Å². The number of para-hydroxylation sites is 1. The minimum absolute atomic E-state index is 0. The fourth-order valence-corrected chi connectivity index (χ4v) is 0.776. The third-order valence-corrected chi connectivity index (χ3v) is 1.37. The van der Waals surface area contributed by atoms with Crippen molar-refractivity contribution in [1.82, 2.24) is 0 Å². The minimum atomic E-state index is 0. The van der Waals surface area contributed by atoms with E-state index in [1.54, 1.807) is 18.2 Å². The van der Waals surface area contributed by atoms with Crippen molar-refractivity contribution in [2.75, 3.05) is 5.73 Å². The van der Waals surface area contributed by atoms with Gasteiger partial charge in [-0.15, -0.1) is 24.8 Å². The number of aromatic hydroxyl groups is 1. The molecule has 3 nitrogen and oxygen atoms in total. The van der Waals surface area contributed by atoms with Crippen LogP contribution in [0.15, 0.2) is 18.2 Å². The highest BCUT2D eigenvalue weighted by Gasteiger charge is 1.99. The lowest BCUT2D eigenvalue weighted by Gasteiger charge is -2.02. The third-order valence-electron chi connectivity index (χ3n) is 1.37. The van der Waals surface area contributed by atoms with E-state index in [9.17, 15) is 5.11 Å². The molecule has 0 atom stereocenters. The molecular formula is C7H12Cl2N2O. The van der Waals surface area contributed by atoms with Gasteiger partial charge in [0.25, 0.3) is 0 Å². The van der Waals surface area contributed by atoms with E-state index < -0.39 is 0 Å². The molecule has 0 aliphatic heterocycles. The van der Waals surface area contributed by atoms with Crippen LogP contribution in [0.25, 0.3) is 0 Å². The molecule has 0 bridgehead atoms. The second kappa shape index (κ2) is 5.94. The maximum absolute atomic E-state index is 9.19. The summed E-state index contributed by atoms with van der Waals surface area (Å²) in [4.78, 5) is 0. The van der Waals surface area contributed by atoms with Gasteiger partial charge < -0.3 is 16.6 Å².